The molecule has 0 saturated carbocycles. The van der Waals surface area contributed by atoms with Gasteiger partial charge in [-0.05, 0) is 100 Å². The lowest BCUT2D eigenvalue weighted by Gasteiger charge is -2.16. The zero-order valence-corrected chi connectivity index (χ0v) is 39.2. The van der Waals surface area contributed by atoms with Gasteiger partial charge < -0.3 is 13.6 Å². The van der Waals surface area contributed by atoms with Crippen LogP contribution in [0.3, 0.4) is 0 Å². The zero-order valence-electron chi connectivity index (χ0n) is 38.4. The standard InChI is InChI=1S/C65H37N5OS/c1-2-20-42(21-3-1)69-54-29-11-8-22-43(54)46-25-14-27-49(59(46)69)63-66-64(68-65(67-63)51-28-15-26-48-45-24-10-13-31-58(45)72-62(48)51)50-33-32-47-44-23-9-12-30-57(44)71-61(47)60(50)70-55-36-40-18-6-4-16-38(40)34-52(55)53-35-39-17-5-7-19-41(39)37-56(53)70/h1-37H. The third kappa shape index (κ3) is 5.68. The third-order valence-corrected chi connectivity index (χ3v) is 15.9. The van der Waals surface area contributed by atoms with E-state index in [-0.39, 0.29) is 0 Å². The Morgan fingerprint density at radius 1 is 0.347 bits per heavy atom. The summed E-state index contributed by atoms with van der Waals surface area (Å²) >= 11 is 1.78. The predicted octanol–water partition coefficient (Wildman–Crippen LogP) is 17.6. The molecule has 0 aliphatic heterocycles. The largest absolute Gasteiger partial charge is 0.454 e. The van der Waals surface area contributed by atoms with Crippen LogP contribution in [0.15, 0.2) is 229 Å². The number of nitrogens with zero attached hydrogens (tertiary/aromatic N) is 5. The minimum Gasteiger partial charge on any atom is -0.454 e. The molecule has 11 aromatic carbocycles. The van der Waals surface area contributed by atoms with E-state index >= 15 is 0 Å². The van der Waals surface area contributed by atoms with Gasteiger partial charge in [0.1, 0.15) is 11.3 Å². The van der Waals surface area contributed by atoms with E-state index in [1.807, 2.05) is 6.07 Å². The Morgan fingerprint density at radius 3 is 1.64 bits per heavy atom. The molecule has 5 aromatic heterocycles. The van der Waals surface area contributed by atoms with Gasteiger partial charge in [0.2, 0.25) is 0 Å². The van der Waals surface area contributed by atoms with Gasteiger partial charge in [-0.1, -0.05) is 146 Å². The smallest absolute Gasteiger partial charge is 0.166 e. The number of furan rings is 1. The van der Waals surface area contributed by atoms with E-state index in [4.69, 9.17) is 19.4 Å². The third-order valence-electron chi connectivity index (χ3n) is 14.7. The van der Waals surface area contributed by atoms with Gasteiger partial charge in [0, 0.05) is 74.9 Å². The lowest BCUT2D eigenvalue weighted by molar-refractivity contribution is 0.666. The van der Waals surface area contributed by atoms with Crippen LogP contribution in [0.5, 0.6) is 0 Å². The van der Waals surface area contributed by atoms with E-state index < -0.39 is 0 Å². The van der Waals surface area contributed by atoms with Crippen LogP contribution in [-0.2, 0) is 0 Å². The van der Waals surface area contributed by atoms with Gasteiger partial charge in [-0.3, -0.25) is 0 Å². The maximum Gasteiger partial charge on any atom is 0.166 e. The second kappa shape index (κ2) is 15.0. The van der Waals surface area contributed by atoms with Crippen LogP contribution in [0.1, 0.15) is 0 Å². The first-order valence-electron chi connectivity index (χ1n) is 24.3. The molecule has 16 rings (SSSR count). The van der Waals surface area contributed by atoms with Gasteiger partial charge in [-0.2, -0.15) is 0 Å². The number of hydrogen-bond donors (Lipinski definition) is 0. The quantitative estimate of drug-likeness (QED) is 0.172. The van der Waals surface area contributed by atoms with E-state index in [2.05, 4.69) is 228 Å². The van der Waals surface area contributed by atoms with Crippen LogP contribution in [0.2, 0.25) is 0 Å². The normalized spacial score (nSPS) is 12.2. The Balaban J connectivity index is 1.07. The van der Waals surface area contributed by atoms with Gasteiger partial charge in [0.05, 0.1) is 22.1 Å². The molecule has 0 fully saturated rings. The summed E-state index contributed by atoms with van der Waals surface area (Å²) in [7, 11) is 0. The molecule has 72 heavy (non-hydrogen) atoms. The number of para-hydroxylation sites is 4. The maximum absolute atomic E-state index is 7.13. The Bertz CT molecular complexity index is 4850. The molecule has 0 saturated heterocycles. The summed E-state index contributed by atoms with van der Waals surface area (Å²) in [6.45, 7) is 0. The molecule has 0 atom stereocenters. The van der Waals surface area contributed by atoms with Crippen molar-refractivity contribution in [3.63, 3.8) is 0 Å². The van der Waals surface area contributed by atoms with E-state index in [0.717, 1.165) is 109 Å². The Hall–Kier alpha value is -9.43. The summed E-state index contributed by atoms with van der Waals surface area (Å²) in [6, 6.07) is 80.2. The van der Waals surface area contributed by atoms with Crippen LogP contribution in [0.4, 0.5) is 0 Å². The SMILES string of the molecule is c1ccc(-n2c3ccccc3c3cccc(-c4nc(-c5ccc6c(oc7ccccc76)c5-n5c6cc7ccccc7cc6c6cc7ccccc7cc65)nc(-c5cccc6c5sc5ccccc56)n4)c32)cc1. The van der Waals surface area contributed by atoms with Gasteiger partial charge >= 0.3 is 0 Å². The Kier molecular flexibility index (Phi) is 8.23. The van der Waals surface area contributed by atoms with Crippen molar-refractivity contribution in [2.45, 2.75) is 0 Å². The average molecular weight is 936 g/mol. The molecule has 0 radical (unpaired) electrons. The van der Waals surface area contributed by atoms with Crippen LogP contribution >= 0.6 is 11.3 Å². The molecule has 334 valence electrons. The van der Waals surface area contributed by atoms with E-state index in [0.29, 0.717) is 17.5 Å². The lowest BCUT2D eigenvalue weighted by Crippen LogP contribution is -2.05. The minimum atomic E-state index is 0.543. The highest BCUT2D eigenvalue weighted by molar-refractivity contribution is 7.26. The molecule has 0 unspecified atom stereocenters. The molecule has 0 spiro atoms. The van der Waals surface area contributed by atoms with Gasteiger partial charge in [-0.25, -0.2) is 15.0 Å². The predicted molar refractivity (Wildman–Crippen MR) is 300 cm³/mol. The zero-order chi connectivity index (χ0) is 47.0. The number of benzene rings is 11. The van der Waals surface area contributed by atoms with Crippen molar-refractivity contribution in [3.05, 3.63) is 224 Å². The van der Waals surface area contributed by atoms with Crippen molar-refractivity contribution in [2.75, 3.05) is 0 Å². The highest BCUT2D eigenvalue weighted by atomic mass is 32.1. The second-order valence-electron chi connectivity index (χ2n) is 18.7. The van der Waals surface area contributed by atoms with Crippen molar-refractivity contribution in [2.24, 2.45) is 0 Å². The molecule has 0 aliphatic rings. The molecule has 6 nitrogen and oxygen atoms in total. The summed E-state index contributed by atoms with van der Waals surface area (Å²) in [5.41, 5.74) is 10.5. The van der Waals surface area contributed by atoms with Crippen molar-refractivity contribution >= 4 is 119 Å². The number of hydrogen-bond acceptors (Lipinski definition) is 5. The number of thiophene rings is 1. The fraction of sp³-hybridized carbons (Fsp3) is 0. The number of rotatable bonds is 5. The van der Waals surface area contributed by atoms with E-state index in [1.165, 1.54) is 26.2 Å². The molecular weight excluding hydrogens is 899 g/mol. The minimum absolute atomic E-state index is 0.543. The Labute approximate surface area is 414 Å². The van der Waals surface area contributed by atoms with Crippen LogP contribution in [-0.4, -0.2) is 24.1 Å². The summed E-state index contributed by atoms with van der Waals surface area (Å²) in [5.74, 6) is 1.72. The molecule has 7 heteroatoms. The molecule has 16 aromatic rings. The van der Waals surface area contributed by atoms with E-state index in [1.54, 1.807) is 11.3 Å². The highest BCUT2D eigenvalue weighted by Gasteiger charge is 2.27. The molecule has 0 amide bonds. The Morgan fingerprint density at radius 2 is 0.903 bits per heavy atom. The monoisotopic (exact) mass is 935 g/mol. The van der Waals surface area contributed by atoms with Crippen LogP contribution in [0.25, 0.3) is 153 Å². The molecular formula is C65H37N5OS. The maximum atomic E-state index is 7.13. The number of aromatic nitrogens is 5. The molecule has 5 heterocycles. The first-order valence-corrected chi connectivity index (χ1v) is 25.1. The van der Waals surface area contributed by atoms with E-state index in [9.17, 15) is 0 Å². The topological polar surface area (TPSA) is 61.7 Å². The average Bonchev–Trinajstić information content (AvgIpc) is 4.19. The summed E-state index contributed by atoms with van der Waals surface area (Å²) in [6.07, 6.45) is 0. The molecule has 0 N–H and O–H groups in total. The van der Waals surface area contributed by atoms with Crippen molar-refractivity contribution < 1.29 is 4.42 Å². The summed E-state index contributed by atoms with van der Waals surface area (Å²) in [5, 5.41) is 13.7. The molecule has 0 bridgehead atoms. The summed E-state index contributed by atoms with van der Waals surface area (Å²) < 4.78 is 14.2. The number of fused-ring (bicyclic) bond motifs is 14. The van der Waals surface area contributed by atoms with Crippen LogP contribution < -0.4 is 0 Å². The van der Waals surface area contributed by atoms with Gasteiger partial charge in [0.25, 0.3) is 0 Å². The van der Waals surface area contributed by atoms with Crippen molar-refractivity contribution in [1.82, 2.24) is 24.1 Å². The summed E-state index contributed by atoms with van der Waals surface area (Å²) in [4.78, 5) is 16.9. The first-order chi connectivity index (χ1) is 35.7. The lowest BCUT2D eigenvalue weighted by atomic mass is 10.0. The van der Waals surface area contributed by atoms with Crippen LogP contribution in [0, 0.1) is 0 Å². The second-order valence-corrected chi connectivity index (χ2v) is 19.7. The first kappa shape index (κ1) is 39.4. The van der Waals surface area contributed by atoms with Gasteiger partial charge in [-0.15, -0.1) is 11.3 Å². The van der Waals surface area contributed by atoms with Crippen molar-refractivity contribution in [3.8, 4) is 45.5 Å². The molecule has 0 aliphatic carbocycles. The van der Waals surface area contributed by atoms with Crippen molar-refractivity contribution in [1.29, 1.82) is 0 Å². The fourth-order valence-corrected chi connectivity index (χ4v) is 12.7. The highest BCUT2D eigenvalue weighted by Crippen LogP contribution is 2.46. The van der Waals surface area contributed by atoms with Gasteiger partial charge in [0.15, 0.2) is 23.1 Å². The fourth-order valence-electron chi connectivity index (χ4n) is 11.5.